The number of fused-ring (bicyclic) bond motifs is 1. The Kier molecular flexibility index (Phi) is 5.70. The summed E-state index contributed by atoms with van der Waals surface area (Å²) in [6.45, 7) is 1.61. The maximum atomic E-state index is 11.8. The molecule has 1 amide bonds. The van der Waals surface area contributed by atoms with Crippen molar-refractivity contribution in [3.8, 4) is 0 Å². The zero-order valence-electron chi connectivity index (χ0n) is 13.0. The average molecular weight is 297 g/mol. The molecule has 116 valence electrons. The molecule has 0 heterocycles. The zero-order valence-corrected chi connectivity index (χ0v) is 13.0. The van der Waals surface area contributed by atoms with Crippen molar-refractivity contribution in [3.63, 3.8) is 0 Å². The number of carbonyl (C=O) groups excluding carboxylic acids is 2. The lowest BCUT2D eigenvalue weighted by Gasteiger charge is -2.14. The second-order valence-electron chi connectivity index (χ2n) is 5.86. The van der Waals surface area contributed by atoms with Gasteiger partial charge >= 0.3 is 0 Å². The van der Waals surface area contributed by atoms with E-state index >= 15 is 0 Å². The van der Waals surface area contributed by atoms with E-state index in [0.717, 1.165) is 42.0 Å². The molecule has 0 fully saturated rings. The van der Waals surface area contributed by atoms with Crippen LogP contribution >= 0.6 is 0 Å². The molecule has 3 heteroatoms. The lowest BCUT2D eigenvalue weighted by molar-refractivity contribution is -0.120. The summed E-state index contributed by atoms with van der Waals surface area (Å²) >= 11 is 0. The summed E-state index contributed by atoms with van der Waals surface area (Å²) in [7, 11) is 0. The van der Waals surface area contributed by atoms with Gasteiger partial charge in [0.2, 0.25) is 5.91 Å². The zero-order chi connectivity index (χ0) is 15.9. The van der Waals surface area contributed by atoms with Crippen LogP contribution in [0.3, 0.4) is 0 Å². The summed E-state index contributed by atoms with van der Waals surface area (Å²) in [5, 5.41) is 2.29. The predicted octanol–water partition coefficient (Wildman–Crippen LogP) is 3.95. The molecular formula is C19H23NO2. The van der Waals surface area contributed by atoms with E-state index in [1.54, 1.807) is 6.92 Å². The van der Waals surface area contributed by atoms with Crippen molar-refractivity contribution < 1.29 is 9.59 Å². The fourth-order valence-electron chi connectivity index (χ4n) is 2.80. The Balaban J connectivity index is 2.03. The number of nitrogens with two attached hydrogens (primary N) is 1. The molecule has 3 nitrogen and oxygen atoms in total. The highest BCUT2D eigenvalue weighted by Gasteiger charge is 2.17. The van der Waals surface area contributed by atoms with Crippen LogP contribution in [-0.4, -0.2) is 11.7 Å². The van der Waals surface area contributed by atoms with Crippen LogP contribution in [0.25, 0.3) is 10.8 Å². The Morgan fingerprint density at radius 2 is 1.73 bits per heavy atom. The van der Waals surface area contributed by atoms with E-state index in [1.165, 1.54) is 0 Å². The molecular weight excluding hydrogens is 274 g/mol. The van der Waals surface area contributed by atoms with Crippen molar-refractivity contribution in [1.82, 2.24) is 0 Å². The number of benzene rings is 2. The third kappa shape index (κ3) is 4.42. The van der Waals surface area contributed by atoms with E-state index in [4.69, 9.17) is 5.73 Å². The molecule has 0 aliphatic heterocycles. The van der Waals surface area contributed by atoms with Crippen molar-refractivity contribution in [2.75, 3.05) is 0 Å². The summed E-state index contributed by atoms with van der Waals surface area (Å²) in [5.74, 6) is -0.301. The first kappa shape index (κ1) is 16.2. The monoisotopic (exact) mass is 297 g/mol. The quantitative estimate of drug-likeness (QED) is 0.750. The van der Waals surface area contributed by atoms with Gasteiger partial charge in [-0.2, -0.15) is 0 Å². The molecule has 2 N–H and O–H groups in total. The van der Waals surface area contributed by atoms with Crippen LogP contribution in [0, 0.1) is 0 Å². The number of rotatable bonds is 8. The Bertz CT molecular complexity index is 663. The fraction of sp³-hybridized carbons (Fsp3) is 0.368. The number of hydrogen-bond acceptors (Lipinski definition) is 2. The van der Waals surface area contributed by atoms with Crippen LogP contribution in [0.15, 0.2) is 42.5 Å². The second kappa shape index (κ2) is 7.74. The van der Waals surface area contributed by atoms with Gasteiger partial charge in [-0.1, -0.05) is 55.3 Å². The number of ketones is 1. The SMILES string of the molecule is CC(=O)CCCCCC(C(N)=O)c1ccc2ccccc2c1. The maximum Gasteiger partial charge on any atom is 0.224 e. The number of carbonyl (C=O) groups is 2. The number of Topliss-reactive ketones (excluding diaryl/α,β-unsaturated/α-hetero) is 1. The molecule has 2 aromatic carbocycles. The number of primary amides is 1. The van der Waals surface area contributed by atoms with Gasteiger partial charge in [-0.3, -0.25) is 4.79 Å². The van der Waals surface area contributed by atoms with Gasteiger partial charge in [-0.15, -0.1) is 0 Å². The number of unbranched alkanes of at least 4 members (excludes halogenated alkanes) is 2. The molecule has 0 aromatic heterocycles. The van der Waals surface area contributed by atoms with Gasteiger partial charge in [-0.25, -0.2) is 0 Å². The summed E-state index contributed by atoms with van der Waals surface area (Å²) in [5.41, 5.74) is 6.57. The number of hydrogen-bond donors (Lipinski definition) is 1. The lowest BCUT2D eigenvalue weighted by Crippen LogP contribution is -2.21. The highest BCUT2D eigenvalue weighted by atomic mass is 16.1. The first-order chi connectivity index (χ1) is 10.6. The van der Waals surface area contributed by atoms with Crippen LogP contribution in [0.1, 0.15) is 50.5 Å². The fourth-order valence-corrected chi connectivity index (χ4v) is 2.80. The van der Waals surface area contributed by atoms with Gasteiger partial charge in [-0.05, 0) is 36.1 Å². The smallest absolute Gasteiger partial charge is 0.224 e. The summed E-state index contributed by atoms with van der Waals surface area (Å²) in [4.78, 5) is 22.7. The van der Waals surface area contributed by atoms with Gasteiger partial charge in [0.1, 0.15) is 5.78 Å². The van der Waals surface area contributed by atoms with Gasteiger partial charge in [0.15, 0.2) is 0 Å². The van der Waals surface area contributed by atoms with Crippen LogP contribution in [0.4, 0.5) is 0 Å². The molecule has 1 atom stereocenters. The Morgan fingerprint density at radius 1 is 1.00 bits per heavy atom. The molecule has 0 saturated carbocycles. The van der Waals surface area contributed by atoms with E-state index in [9.17, 15) is 9.59 Å². The van der Waals surface area contributed by atoms with Crippen LogP contribution in [0.2, 0.25) is 0 Å². The molecule has 2 aromatic rings. The summed E-state index contributed by atoms with van der Waals surface area (Å²) in [6.07, 6.45) is 4.12. The minimum Gasteiger partial charge on any atom is -0.369 e. The summed E-state index contributed by atoms with van der Waals surface area (Å²) < 4.78 is 0. The van der Waals surface area contributed by atoms with Crippen molar-refractivity contribution in [1.29, 1.82) is 0 Å². The molecule has 0 aliphatic carbocycles. The highest BCUT2D eigenvalue weighted by molar-refractivity contribution is 5.87. The third-order valence-electron chi connectivity index (χ3n) is 4.04. The topological polar surface area (TPSA) is 60.2 Å². The maximum absolute atomic E-state index is 11.8. The Morgan fingerprint density at radius 3 is 2.41 bits per heavy atom. The van der Waals surface area contributed by atoms with Crippen molar-refractivity contribution in [2.24, 2.45) is 5.73 Å². The van der Waals surface area contributed by atoms with Gasteiger partial charge in [0.05, 0.1) is 5.92 Å². The second-order valence-corrected chi connectivity index (χ2v) is 5.86. The van der Waals surface area contributed by atoms with E-state index in [2.05, 4.69) is 12.1 Å². The van der Waals surface area contributed by atoms with Crippen molar-refractivity contribution in [2.45, 2.75) is 44.9 Å². The van der Waals surface area contributed by atoms with Gasteiger partial charge in [0, 0.05) is 6.42 Å². The van der Waals surface area contributed by atoms with E-state index in [1.807, 2.05) is 30.3 Å². The molecule has 1 unspecified atom stereocenters. The molecule has 22 heavy (non-hydrogen) atoms. The van der Waals surface area contributed by atoms with Crippen LogP contribution in [0.5, 0.6) is 0 Å². The van der Waals surface area contributed by atoms with Crippen molar-refractivity contribution >= 4 is 22.5 Å². The normalized spacial score (nSPS) is 12.2. The Labute approximate surface area is 131 Å². The van der Waals surface area contributed by atoms with Crippen LogP contribution < -0.4 is 5.73 Å². The third-order valence-corrected chi connectivity index (χ3v) is 4.04. The minimum atomic E-state index is -0.276. The molecule has 2 rings (SSSR count). The lowest BCUT2D eigenvalue weighted by atomic mass is 9.91. The summed E-state index contributed by atoms with van der Waals surface area (Å²) in [6, 6.07) is 14.2. The molecule has 0 saturated heterocycles. The standard InChI is InChI=1S/C19H23NO2/c1-14(21)7-3-2-4-10-18(19(20)22)17-12-11-15-8-5-6-9-16(15)13-17/h5-6,8-9,11-13,18H,2-4,7,10H2,1H3,(H2,20,22). The van der Waals surface area contributed by atoms with E-state index in [0.29, 0.717) is 6.42 Å². The highest BCUT2D eigenvalue weighted by Crippen LogP contribution is 2.26. The largest absolute Gasteiger partial charge is 0.369 e. The molecule has 0 radical (unpaired) electrons. The predicted molar refractivity (Wildman–Crippen MR) is 89.6 cm³/mol. The average Bonchev–Trinajstić information content (AvgIpc) is 2.49. The Hall–Kier alpha value is -2.16. The minimum absolute atomic E-state index is 0.223. The van der Waals surface area contributed by atoms with E-state index in [-0.39, 0.29) is 17.6 Å². The molecule has 0 aliphatic rings. The van der Waals surface area contributed by atoms with Gasteiger partial charge < -0.3 is 10.5 Å². The molecule has 0 spiro atoms. The van der Waals surface area contributed by atoms with E-state index < -0.39 is 0 Å². The first-order valence-corrected chi connectivity index (χ1v) is 7.85. The van der Waals surface area contributed by atoms with Crippen molar-refractivity contribution in [3.05, 3.63) is 48.0 Å². The number of amides is 1. The first-order valence-electron chi connectivity index (χ1n) is 7.85. The van der Waals surface area contributed by atoms with Crippen LogP contribution in [-0.2, 0) is 9.59 Å². The van der Waals surface area contributed by atoms with Gasteiger partial charge in [0.25, 0.3) is 0 Å². The molecule has 0 bridgehead atoms.